The molecular formula is C23H23NO. The minimum Gasteiger partial charge on any atom is -0.382 e. The third kappa shape index (κ3) is 5.32. The molecule has 0 radical (unpaired) electrons. The molecule has 0 amide bonds. The summed E-state index contributed by atoms with van der Waals surface area (Å²) in [6.07, 6.45) is 2.36. The van der Waals surface area contributed by atoms with Crippen molar-refractivity contribution >= 4 is 11.5 Å². The molecule has 0 aromatic heterocycles. The summed E-state index contributed by atoms with van der Waals surface area (Å²) < 4.78 is 0. The Bertz CT molecular complexity index is 769. The minimum atomic E-state index is 0.107. The normalized spacial score (nSPS) is 11.7. The highest BCUT2D eigenvalue weighted by atomic mass is 16.1. The van der Waals surface area contributed by atoms with Crippen molar-refractivity contribution in [2.75, 3.05) is 5.32 Å². The Kier molecular flexibility index (Phi) is 6.00. The summed E-state index contributed by atoms with van der Waals surface area (Å²) in [5.41, 5.74) is 3.14. The van der Waals surface area contributed by atoms with Crippen LogP contribution < -0.4 is 5.32 Å². The summed E-state index contributed by atoms with van der Waals surface area (Å²) in [4.78, 5) is 12.6. The lowest BCUT2D eigenvalue weighted by molar-refractivity contribution is 0.0975. The molecule has 2 nitrogen and oxygen atoms in total. The zero-order valence-electron chi connectivity index (χ0n) is 14.3. The first-order valence-corrected chi connectivity index (χ1v) is 8.75. The second kappa shape index (κ2) is 8.84. The van der Waals surface area contributed by atoms with Gasteiger partial charge in [-0.1, -0.05) is 78.9 Å². The van der Waals surface area contributed by atoms with E-state index in [1.165, 1.54) is 5.56 Å². The van der Waals surface area contributed by atoms with Crippen LogP contribution in [0, 0.1) is 0 Å². The summed E-state index contributed by atoms with van der Waals surface area (Å²) in [5, 5.41) is 3.53. The molecule has 0 saturated carbocycles. The van der Waals surface area contributed by atoms with Gasteiger partial charge in [-0.3, -0.25) is 4.79 Å². The van der Waals surface area contributed by atoms with Gasteiger partial charge in [-0.25, -0.2) is 0 Å². The van der Waals surface area contributed by atoms with Crippen LogP contribution in [-0.4, -0.2) is 11.8 Å². The highest BCUT2D eigenvalue weighted by Gasteiger charge is 2.15. The van der Waals surface area contributed by atoms with E-state index >= 15 is 0 Å². The predicted octanol–water partition coefficient (Wildman–Crippen LogP) is 5.37. The predicted molar refractivity (Wildman–Crippen MR) is 104 cm³/mol. The number of hydrogen-bond acceptors (Lipinski definition) is 2. The Hall–Kier alpha value is -2.87. The summed E-state index contributed by atoms with van der Waals surface area (Å²) in [6, 6.07) is 30.2. The summed E-state index contributed by atoms with van der Waals surface area (Å²) in [7, 11) is 0. The van der Waals surface area contributed by atoms with Crippen molar-refractivity contribution in [1.29, 1.82) is 0 Å². The van der Waals surface area contributed by atoms with Gasteiger partial charge in [0.15, 0.2) is 5.78 Å². The maximum atomic E-state index is 12.6. The van der Waals surface area contributed by atoms with E-state index in [-0.39, 0.29) is 11.8 Å². The highest BCUT2D eigenvalue weighted by molar-refractivity contribution is 5.96. The molecule has 0 aliphatic rings. The van der Waals surface area contributed by atoms with Gasteiger partial charge in [-0.05, 0) is 30.5 Å². The van der Waals surface area contributed by atoms with Crippen LogP contribution in [0.1, 0.15) is 28.8 Å². The van der Waals surface area contributed by atoms with Crippen LogP contribution in [0.15, 0.2) is 91.0 Å². The Balaban J connectivity index is 1.68. The average Bonchev–Trinajstić information content (AvgIpc) is 2.68. The van der Waals surface area contributed by atoms with E-state index in [1.54, 1.807) is 0 Å². The second-order valence-electron chi connectivity index (χ2n) is 6.22. The van der Waals surface area contributed by atoms with E-state index < -0.39 is 0 Å². The molecule has 0 spiro atoms. The van der Waals surface area contributed by atoms with Crippen LogP contribution in [0.25, 0.3) is 0 Å². The summed E-state index contributed by atoms with van der Waals surface area (Å²) >= 11 is 0. The SMILES string of the molecule is O=C(CC(CCc1ccccc1)Nc1ccccc1)c1ccccc1. The van der Waals surface area contributed by atoms with E-state index in [0.29, 0.717) is 6.42 Å². The molecule has 0 heterocycles. The molecule has 3 aromatic rings. The van der Waals surface area contributed by atoms with E-state index in [0.717, 1.165) is 24.1 Å². The Labute approximate surface area is 149 Å². The molecule has 3 rings (SSSR count). The summed E-state index contributed by atoms with van der Waals surface area (Å²) in [6.45, 7) is 0. The Morgan fingerprint density at radius 3 is 1.96 bits per heavy atom. The third-order valence-electron chi connectivity index (χ3n) is 4.30. The largest absolute Gasteiger partial charge is 0.382 e. The van der Waals surface area contributed by atoms with Gasteiger partial charge >= 0.3 is 0 Å². The first kappa shape index (κ1) is 17.0. The number of Topliss-reactive ketones (excluding diaryl/α,β-unsaturated/α-hetero) is 1. The van der Waals surface area contributed by atoms with Crippen LogP contribution >= 0.6 is 0 Å². The molecule has 25 heavy (non-hydrogen) atoms. The lowest BCUT2D eigenvalue weighted by Crippen LogP contribution is -2.24. The Morgan fingerprint density at radius 1 is 0.760 bits per heavy atom. The molecule has 3 aromatic carbocycles. The van der Waals surface area contributed by atoms with Crippen molar-refractivity contribution in [3.63, 3.8) is 0 Å². The molecule has 0 fully saturated rings. The first-order valence-electron chi connectivity index (χ1n) is 8.75. The van der Waals surface area contributed by atoms with Crippen molar-refractivity contribution in [3.05, 3.63) is 102 Å². The number of benzene rings is 3. The molecule has 0 bridgehead atoms. The van der Waals surface area contributed by atoms with Crippen LogP contribution in [0.5, 0.6) is 0 Å². The Morgan fingerprint density at radius 2 is 1.32 bits per heavy atom. The number of nitrogens with one attached hydrogen (secondary N) is 1. The topological polar surface area (TPSA) is 29.1 Å². The number of hydrogen-bond donors (Lipinski definition) is 1. The van der Waals surface area contributed by atoms with Crippen molar-refractivity contribution in [1.82, 2.24) is 0 Å². The number of anilines is 1. The zero-order chi connectivity index (χ0) is 17.3. The molecule has 2 heteroatoms. The lowest BCUT2D eigenvalue weighted by Gasteiger charge is -2.19. The van der Waals surface area contributed by atoms with Gasteiger partial charge in [0, 0.05) is 23.7 Å². The number of rotatable bonds is 8. The van der Waals surface area contributed by atoms with Crippen LogP contribution in [0.4, 0.5) is 5.69 Å². The highest BCUT2D eigenvalue weighted by Crippen LogP contribution is 2.16. The van der Waals surface area contributed by atoms with Crippen LogP contribution in [-0.2, 0) is 6.42 Å². The number of para-hydroxylation sites is 1. The molecular weight excluding hydrogens is 306 g/mol. The molecule has 1 atom stereocenters. The van der Waals surface area contributed by atoms with E-state index in [1.807, 2.05) is 66.7 Å². The van der Waals surface area contributed by atoms with E-state index in [9.17, 15) is 4.79 Å². The van der Waals surface area contributed by atoms with Gasteiger partial charge in [-0.2, -0.15) is 0 Å². The summed E-state index contributed by atoms with van der Waals surface area (Å²) in [5.74, 6) is 0.182. The van der Waals surface area contributed by atoms with Gasteiger partial charge in [0.1, 0.15) is 0 Å². The second-order valence-corrected chi connectivity index (χ2v) is 6.22. The van der Waals surface area contributed by atoms with Crippen molar-refractivity contribution in [3.8, 4) is 0 Å². The average molecular weight is 329 g/mol. The monoisotopic (exact) mass is 329 g/mol. The fourth-order valence-corrected chi connectivity index (χ4v) is 2.95. The first-order chi connectivity index (χ1) is 12.3. The van der Waals surface area contributed by atoms with Crippen LogP contribution in [0.3, 0.4) is 0 Å². The standard InChI is InChI=1S/C23H23NO/c25-23(20-12-6-2-7-13-20)18-22(24-21-14-8-3-9-15-21)17-16-19-10-4-1-5-11-19/h1-15,22,24H,16-18H2. The number of aryl methyl sites for hydroxylation is 1. The van der Waals surface area contributed by atoms with Gasteiger partial charge in [0.2, 0.25) is 0 Å². The molecule has 1 N–H and O–H groups in total. The van der Waals surface area contributed by atoms with Gasteiger partial charge < -0.3 is 5.32 Å². The van der Waals surface area contributed by atoms with E-state index in [2.05, 4.69) is 29.6 Å². The molecule has 0 aliphatic heterocycles. The van der Waals surface area contributed by atoms with Gasteiger partial charge in [-0.15, -0.1) is 0 Å². The maximum Gasteiger partial charge on any atom is 0.164 e. The van der Waals surface area contributed by atoms with E-state index in [4.69, 9.17) is 0 Å². The van der Waals surface area contributed by atoms with Crippen LogP contribution in [0.2, 0.25) is 0 Å². The van der Waals surface area contributed by atoms with Crippen molar-refractivity contribution < 1.29 is 4.79 Å². The van der Waals surface area contributed by atoms with Crippen molar-refractivity contribution in [2.45, 2.75) is 25.3 Å². The lowest BCUT2D eigenvalue weighted by atomic mass is 9.98. The third-order valence-corrected chi connectivity index (χ3v) is 4.30. The fraction of sp³-hybridized carbons (Fsp3) is 0.174. The minimum absolute atomic E-state index is 0.107. The van der Waals surface area contributed by atoms with Gasteiger partial charge in [0.05, 0.1) is 0 Å². The molecule has 0 aliphatic carbocycles. The molecule has 1 unspecified atom stereocenters. The molecule has 126 valence electrons. The van der Waals surface area contributed by atoms with Crippen molar-refractivity contribution in [2.24, 2.45) is 0 Å². The number of carbonyl (C=O) groups excluding carboxylic acids is 1. The number of ketones is 1. The fourth-order valence-electron chi connectivity index (χ4n) is 2.95. The number of carbonyl (C=O) groups is 1. The zero-order valence-corrected chi connectivity index (χ0v) is 14.3. The molecule has 0 saturated heterocycles. The van der Waals surface area contributed by atoms with Gasteiger partial charge in [0.25, 0.3) is 0 Å². The smallest absolute Gasteiger partial charge is 0.164 e. The quantitative estimate of drug-likeness (QED) is 0.563. The maximum absolute atomic E-state index is 12.6.